The highest BCUT2D eigenvalue weighted by molar-refractivity contribution is 6.01. The number of amides is 2. The number of hydrogen-bond donors (Lipinski definition) is 1. The lowest BCUT2D eigenvalue weighted by atomic mass is 10.2. The van der Waals surface area contributed by atoms with Crippen LogP contribution < -0.4 is 19.9 Å². The van der Waals surface area contributed by atoms with Gasteiger partial charge in [0.25, 0.3) is 0 Å². The first-order chi connectivity index (χ1) is 13.5. The molecule has 2 aliphatic heterocycles. The number of carbonyl (C=O) groups is 2. The number of methoxy groups -OCH3 is 1. The minimum absolute atomic E-state index is 0.164. The van der Waals surface area contributed by atoms with Gasteiger partial charge in [-0.1, -0.05) is 5.16 Å². The van der Waals surface area contributed by atoms with E-state index in [2.05, 4.69) is 10.5 Å². The Hall–Kier alpha value is -3.01. The smallest absolute Gasteiger partial charge is 0.414 e. The molecule has 1 aromatic carbocycles. The van der Waals surface area contributed by atoms with Crippen molar-refractivity contribution >= 4 is 29.2 Å². The van der Waals surface area contributed by atoms with Gasteiger partial charge in [-0.25, -0.2) is 4.79 Å². The number of oxime groups is 1. The van der Waals surface area contributed by atoms with Crippen molar-refractivity contribution in [2.75, 3.05) is 56.9 Å². The van der Waals surface area contributed by atoms with E-state index in [0.717, 1.165) is 5.69 Å². The molecule has 0 aliphatic carbocycles. The van der Waals surface area contributed by atoms with Gasteiger partial charge in [-0.05, 0) is 12.1 Å². The van der Waals surface area contributed by atoms with E-state index < -0.39 is 6.09 Å². The second-order valence-corrected chi connectivity index (χ2v) is 6.39. The SMILES string of the molecule is COCCO/N=C1\COc2cc(N3C[C@H](CNC(C)=O)OC3=O)ccc2N1C. The molecule has 0 unspecified atom stereocenters. The Balaban J connectivity index is 1.68. The third-order valence-electron chi connectivity index (χ3n) is 4.36. The molecule has 1 saturated heterocycles. The average molecular weight is 392 g/mol. The molecule has 28 heavy (non-hydrogen) atoms. The van der Waals surface area contributed by atoms with Crippen LogP contribution in [-0.4, -0.2) is 71.0 Å². The van der Waals surface area contributed by atoms with Crippen molar-refractivity contribution in [1.82, 2.24) is 5.32 Å². The number of anilines is 2. The summed E-state index contributed by atoms with van der Waals surface area (Å²) in [7, 11) is 3.46. The fraction of sp³-hybridized carbons (Fsp3) is 0.500. The summed E-state index contributed by atoms with van der Waals surface area (Å²) in [5.41, 5.74) is 1.48. The summed E-state index contributed by atoms with van der Waals surface area (Å²) in [6.45, 7) is 3.12. The Bertz CT molecular complexity index is 768. The molecule has 2 heterocycles. The van der Waals surface area contributed by atoms with Gasteiger partial charge in [-0.3, -0.25) is 9.69 Å². The van der Waals surface area contributed by atoms with Gasteiger partial charge in [0.2, 0.25) is 5.91 Å². The molecule has 2 aliphatic rings. The summed E-state index contributed by atoms with van der Waals surface area (Å²) in [6, 6.07) is 5.45. The van der Waals surface area contributed by atoms with Crippen LogP contribution in [0, 0.1) is 0 Å². The summed E-state index contributed by atoms with van der Waals surface area (Å²) in [4.78, 5) is 31.8. The van der Waals surface area contributed by atoms with E-state index in [-0.39, 0.29) is 25.2 Å². The molecule has 1 N–H and O–H groups in total. The van der Waals surface area contributed by atoms with Crippen LogP contribution in [0.4, 0.5) is 16.2 Å². The summed E-state index contributed by atoms with van der Waals surface area (Å²) in [5.74, 6) is 1.10. The van der Waals surface area contributed by atoms with Gasteiger partial charge < -0.3 is 29.3 Å². The second-order valence-electron chi connectivity index (χ2n) is 6.39. The third kappa shape index (κ3) is 4.45. The van der Waals surface area contributed by atoms with Crippen LogP contribution in [0.15, 0.2) is 23.4 Å². The topological polar surface area (TPSA) is 102 Å². The Kier molecular flexibility index (Phi) is 6.19. The van der Waals surface area contributed by atoms with Crippen LogP contribution in [0.25, 0.3) is 0 Å². The predicted octanol–water partition coefficient (Wildman–Crippen LogP) is 0.953. The van der Waals surface area contributed by atoms with E-state index in [4.69, 9.17) is 19.0 Å². The molecule has 0 spiro atoms. The van der Waals surface area contributed by atoms with Gasteiger partial charge in [-0.2, -0.15) is 0 Å². The highest BCUT2D eigenvalue weighted by Gasteiger charge is 2.33. The zero-order chi connectivity index (χ0) is 20.1. The van der Waals surface area contributed by atoms with Gasteiger partial charge in [0.05, 0.1) is 31.1 Å². The number of carbonyl (C=O) groups excluding carboxylic acids is 2. The van der Waals surface area contributed by atoms with Crippen molar-refractivity contribution in [3.8, 4) is 5.75 Å². The first-order valence-corrected chi connectivity index (χ1v) is 8.90. The highest BCUT2D eigenvalue weighted by atomic mass is 16.6. The lowest BCUT2D eigenvalue weighted by molar-refractivity contribution is -0.119. The summed E-state index contributed by atoms with van der Waals surface area (Å²) in [6.07, 6.45) is -0.840. The molecule has 10 heteroatoms. The first-order valence-electron chi connectivity index (χ1n) is 8.90. The van der Waals surface area contributed by atoms with Crippen molar-refractivity contribution < 1.29 is 28.6 Å². The summed E-state index contributed by atoms with van der Waals surface area (Å²) >= 11 is 0. The molecule has 3 rings (SSSR count). The molecule has 2 amide bonds. The number of likely N-dealkylation sites (N-methyl/N-ethyl adjacent to an activating group) is 1. The summed E-state index contributed by atoms with van der Waals surface area (Å²) < 4.78 is 16.0. The van der Waals surface area contributed by atoms with E-state index in [1.165, 1.54) is 11.8 Å². The van der Waals surface area contributed by atoms with Crippen LogP contribution in [0.3, 0.4) is 0 Å². The number of benzene rings is 1. The van der Waals surface area contributed by atoms with Crippen molar-refractivity contribution in [3.63, 3.8) is 0 Å². The number of fused-ring (bicyclic) bond motifs is 1. The van der Waals surface area contributed by atoms with Gasteiger partial charge >= 0.3 is 6.09 Å². The number of hydrogen-bond acceptors (Lipinski definition) is 7. The molecular weight excluding hydrogens is 368 g/mol. The van der Waals surface area contributed by atoms with Crippen LogP contribution in [0.1, 0.15) is 6.92 Å². The first kappa shape index (κ1) is 19.7. The van der Waals surface area contributed by atoms with Crippen LogP contribution in [-0.2, 0) is 19.1 Å². The van der Waals surface area contributed by atoms with Gasteiger partial charge in [-0.15, -0.1) is 0 Å². The van der Waals surface area contributed by atoms with Crippen LogP contribution in [0.2, 0.25) is 0 Å². The van der Waals surface area contributed by atoms with Crippen molar-refractivity contribution in [2.24, 2.45) is 5.16 Å². The molecule has 1 aromatic rings. The molecular formula is C18H24N4O6. The molecule has 0 saturated carbocycles. The quantitative estimate of drug-likeness (QED) is 0.544. The van der Waals surface area contributed by atoms with Gasteiger partial charge in [0.15, 0.2) is 5.84 Å². The maximum Gasteiger partial charge on any atom is 0.414 e. The number of cyclic esters (lactones) is 1. The van der Waals surface area contributed by atoms with Crippen molar-refractivity contribution in [1.29, 1.82) is 0 Å². The zero-order valence-corrected chi connectivity index (χ0v) is 16.1. The molecule has 0 aromatic heterocycles. The van der Waals surface area contributed by atoms with Crippen molar-refractivity contribution in [3.05, 3.63) is 18.2 Å². The normalized spacial score (nSPS) is 19.9. The van der Waals surface area contributed by atoms with Crippen LogP contribution >= 0.6 is 0 Å². The largest absolute Gasteiger partial charge is 0.483 e. The van der Waals surface area contributed by atoms with E-state index >= 15 is 0 Å². The van der Waals surface area contributed by atoms with E-state index in [1.807, 2.05) is 24.1 Å². The Morgan fingerprint density at radius 3 is 2.96 bits per heavy atom. The lowest BCUT2D eigenvalue weighted by Gasteiger charge is -2.29. The van der Waals surface area contributed by atoms with E-state index in [1.54, 1.807) is 13.2 Å². The molecule has 0 radical (unpaired) electrons. The fourth-order valence-electron chi connectivity index (χ4n) is 2.87. The molecule has 1 fully saturated rings. The summed E-state index contributed by atoms with van der Waals surface area (Å²) in [5, 5.41) is 6.73. The Morgan fingerprint density at radius 2 is 2.21 bits per heavy atom. The average Bonchev–Trinajstić information content (AvgIpc) is 3.05. The standard InChI is InChI=1S/C18H24N4O6/c1-12(23)19-9-14-10-22(18(24)28-14)13-4-5-15-16(8-13)26-11-17(21(15)2)20-27-7-6-25-3/h4-5,8,14H,6-7,9-11H2,1-3H3,(H,19,23)/b20-17+/t14-/m0/s1. The maximum atomic E-state index is 12.2. The Morgan fingerprint density at radius 1 is 1.39 bits per heavy atom. The molecule has 1 atom stereocenters. The number of nitrogens with one attached hydrogen (secondary N) is 1. The number of amidine groups is 1. The fourth-order valence-corrected chi connectivity index (χ4v) is 2.87. The van der Waals surface area contributed by atoms with Gasteiger partial charge in [0, 0.05) is 27.1 Å². The number of nitrogens with zero attached hydrogens (tertiary/aromatic N) is 3. The minimum Gasteiger partial charge on any atom is -0.483 e. The molecule has 10 nitrogen and oxygen atoms in total. The van der Waals surface area contributed by atoms with Gasteiger partial charge in [0.1, 0.15) is 25.1 Å². The monoisotopic (exact) mass is 392 g/mol. The van der Waals surface area contributed by atoms with Crippen LogP contribution in [0.5, 0.6) is 5.75 Å². The number of ether oxygens (including phenoxy) is 3. The van der Waals surface area contributed by atoms with E-state index in [0.29, 0.717) is 37.0 Å². The van der Waals surface area contributed by atoms with E-state index in [9.17, 15) is 9.59 Å². The lowest BCUT2D eigenvalue weighted by Crippen LogP contribution is -2.36. The highest BCUT2D eigenvalue weighted by Crippen LogP contribution is 2.36. The second kappa shape index (κ2) is 8.79. The minimum atomic E-state index is -0.451. The predicted molar refractivity (Wildman–Crippen MR) is 102 cm³/mol. The Labute approximate surface area is 162 Å². The number of rotatable bonds is 7. The van der Waals surface area contributed by atoms with Crippen molar-refractivity contribution in [2.45, 2.75) is 13.0 Å². The molecule has 0 bridgehead atoms. The third-order valence-corrected chi connectivity index (χ3v) is 4.36. The maximum absolute atomic E-state index is 12.2. The zero-order valence-electron chi connectivity index (χ0n) is 16.1. The molecule has 152 valence electrons.